The highest BCUT2D eigenvalue weighted by atomic mass is 16.5. The predicted molar refractivity (Wildman–Crippen MR) is 117 cm³/mol. The summed E-state index contributed by atoms with van der Waals surface area (Å²) < 4.78 is 8.17. The maximum absolute atomic E-state index is 12.3. The van der Waals surface area contributed by atoms with Gasteiger partial charge in [-0.05, 0) is 36.2 Å². The maximum Gasteiger partial charge on any atom is 0.339 e. The van der Waals surface area contributed by atoms with Crippen molar-refractivity contribution in [2.24, 2.45) is 0 Å². The minimum absolute atomic E-state index is 0.232. The smallest absolute Gasteiger partial charge is 0.339 e. The Kier molecular flexibility index (Phi) is 4.59. The molecule has 0 spiro atoms. The van der Waals surface area contributed by atoms with E-state index in [-0.39, 0.29) is 12.1 Å². The first-order valence-corrected chi connectivity index (χ1v) is 10.6. The number of esters is 1. The number of hydrogen-bond acceptors (Lipinski definition) is 2. The lowest BCUT2D eigenvalue weighted by Crippen LogP contribution is -2.01. The third-order valence-corrected chi connectivity index (χ3v) is 6.02. The number of aromatic nitrogens is 1. The highest BCUT2D eigenvalue weighted by Crippen LogP contribution is 2.38. The van der Waals surface area contributed by atoms with Crippen molar-refractivity contribution < 1.29 is 9.53 Å². The van der Waals surface area contributed by atoms with E-state index in [1.54, 1.807) is 0 Å². The number of ether oxygens (including phenoxy) is 1. The standard InChI is InChI=1S/C26H25NO2/c1-2-3-4-9-16-27-23-13-8-7-10-19(23)22-17-18(14-15-24(22)27)25-20-11-5-6-12-21(20)26(28)29-25/h5-8,10-15,17,25H,2-4,9,16H2,1H3. The van der Waals surface area contributed by atoms with Crippen molar-refractivity contribution in [3.8, 4) is 0 Å². The lowest BCUT2D eigenvalue weighted by molar-refractivity contribution is 0.0456. The first-order chi connectivity index (χ1) is 14.3. The van der Waals surface area contributed by atoms with Crippen LogP contribution in [0.1, 0.15) is 60.2 Å². The van der Waals surface area contributed by atoms with Gasteiger partial charge in [-0.1, -0.05) is 68.7 Å². The number of carbonyl (C=O) groups is 1. The number of fused-ring (bicyclic) bond motifs is 4. The van der Waals surface area contributed by atoms with Gasteiger partial charge in [0.2, 0.25) is 0 Å². The zero-order valence-electron chi connectivity index (χ0n) is 16.7. The van der Waals surface area contributed by atoms with Crippen molar-refractivity contribution in [1.29, 1.82) is 0 Å². The molecule has 0 saturated carbocycles. The largest absolute Gasteiger partial charge is 0.449 e. The second-order valence-electron chi connectivity index (χ2n) is 7.88. The van der Waals surface area contributed by atoms with E-state index in [1.807, 2.05) is 24.3 Å². The van der Waals surface area contributed by atoms with Gasteiger partial charge in [0.25, 0.3) is 0 Å². The van der Waals surface area contributed by atoms with Gasteiger partial charge in [-0.25, -0.2) is 4.79 Å². The molecule has 3 heteroatoms. The fourth-order valence-electron chi connectivity index (χ4n) is 4.57. The maximum atomic E-state index is 12.3. The highest BCUT2D eigenvalue weighted by molar-refractivity contribution is 6.08. The molecule has 5 rings (SSSR count). The number of benzene rings is 3. The SMILES string of the molecule is CCCCCCn1c2ccccc2c2cc(C3OC(=O)c4ccccc43)ccc21. The molecular weight excluding hydrogens is 358 g/mol. The van der Waals surface area contributed by atoms with Crippen molar-refractivity contribution in [3.63, 3.8) is 0 Å². The number of unbranched alkanes of at least 4 members (excludes halogenated alkanes) is 3. The molecule has 1 atom stereocenters. The summed E-state index contributed by atoms with van der Waals surface area (Å²) in [6.45, 7) is 3.28. The van der Waals surface area contributed by atoms with Gasteiger partial charge in [-0.2, -0.15) is 0 Å². The number of aryl methyl sites for hydroxylation is 1. The first kappa shape index (κ1) is 18.0. The molecule has 1 unspecified atom stereocenters. The molecule has 1 aliphatic heterocycles. The summed E-state index contributed by atoms with van der Waals surface area (Å²) in [5.41, 5.74) is 5.20. The van der Waals surface area contributed by atoms with Crippen LogP contribution in [0.4, 0.5) is 0 Å². The fraction of sp³-hybridized carbons (Fsp3) is 0.269. The van der Waals surface area contributed by atoms with Crippen LogP contribution in [0.25, 0.3) is 21.8 Å². The average molecular weight is 383 g/mol. The Labute approximate surface area is 170 Å². The Hall–Kier alpha value is -3.07. The summed E-state index contributed by atoms with van der Waals surface area (Å²) in [4.78, 5) is 12.3. The molecule has 3 aromatic carbocycles. The van der Waals surface area contributed by atoms with E-state index in [1.165, 1.54) is 47.5 Å². The number of nitrogens with zero attached hydrogens (tertiary/aromatic N) is 1. The van der Waals surface area contributed by atoms with Gasteiger partial charge in [0.05, 0.1) is 5.56 Å². The van der Waals surface area contributed by atoms with Gasteiger partial charge in [0.15, 0.2) is 6.10 Å². The van der Waals surface area contributed by atoms with Gasteiger partial charge >= 0.3 is 5.97 Å². The quantitative estimate of drug-likeness (QED) is 0.276. The topological polar surface area (TPSA) is 31.2 Å². The van der Waals surface area contributed by atoms with E-state index in [0.29, 0.717) is 5.56 Å². The van der Waals surface area contributed by atoms with Gasteiger partial charge in [0, 0.05) is 33.9 Å². The van der Waals surface area contributed by atoms with Gasteiger partial charge in [-0.15, -0.1) is 0 Å². The number of hydrogen-bond donors (Lipinski definition) is 0. The molecule has 3 nitrogen and oxygen atoms in total. The summed E-state index contributed by atoms with van der Waals surface area (Å²) in [7, 11) is 0. The van der Waals surface area contributed by atoms with Gasteiger partial charge in [0.1, 0.15) is 0 Å². The molecular formula is C26H25NO2. The molecule has 29 heavy (non-hydrogen) atoms. The molecule has 0 aliphatic carbocycles. The molecule has 0 radical (unpaired) electrons. The third kappa shape index (κ3) is 3.02. The summed E-state index contributed by atoms with van der Waals surface area (Å²) in [5, 5.41) is 2.49. The van der Waals surface area contributed by atoms with Crippen LogP contribution in [0.2, 0.25) is 0 Å². The van der Waals surface area contributed by atoms with Crippen molar-refractivity contribution >= 4 is 27.8 Å². The van der Waals surface area contributed by atoms with E-state index >= 15 is 0 Å². The molecule has 1 aromatic heterocycles. The van der Waals surface area contributed by atoms with Gasteiger partial charge in [-0.3, -0.25) is 0 Å². The highest BCUT2D eigenvalue weighted by Gasteiger charge is 2.32. The van der Waals surface area contributed by atoms with Crippen LogP contribution in [0.5, 0.6) is 0 Å². The molecule has 0 saturated heterocycles. The van der Waals surface area contributed by atoms with E-state index < -0.39 is 0 Å². The van der Waals surface area contributed by atoms with Crippen molar-refractivity contribution in [3.05, 3.63) is 83.4 Å². The van der Waals surface area contributed by atoms with Crippen LogP contribution >= 0.6 is 0 Å². The van der Waals surface area contributed by atoms with Crippen LogP contribution in [0, 0.1) is 0 Å². The Bertz CT molecular complexity index is 1200. The van der Waals surface area contributed by atoms with Crippen molar-refractivity contribution in [2.75, 3.05) is 0 Å². The number of cyclic esters (lactones) is 1. The van der Waals surface area contributed by atoms with Crippen LogP contribution in [-0.4, -0.2) is 10.5 Å². The lowest BCUT2D eigenvalue weighted by Gasteiger charge is -2.12. The first-order valence-electron chi connectivity index (χ1n) is 10.6. The minimum Gasteiger partial charge on any atom is -0.449 e. The molecule has 0 amide bonds. The van der Waals surface area contributed by atoms with Crippen LogP contribution < -0.4 is 0 Å². The third-order valence-electron chi connectivity index (χ3n) is 6.02. The van der Waals surface area contributed by atoms with E-state index in [4.69, 9.17) is 4.74 Å². The Morgan fingerprint density at radius 3 is 2.55 bits per heavy atom. The number of rotatable bonds is 6. The lowest BCUT2D eigenvalue weighted by atomic mass is 9.98. The van der Waals surface area contributed by atoms with E-state index in [9.17, 15) is 4.79 Å². The van der Waals surface area contributed by atoms with Crippen LogP contribution in [0.3, 0.4) is 0 Å². The molecule has 146 valence electrons. The van der Waals surface area contributed by atoms with Crippen molar-refractivity contribution in [2.45, 2.75) is 45.3 Å². The Morgan fingerprint density at radius 2 is 1.66 bits per heavy atom. The number of carbonyl (C=O) groups excluding carboxylic acids is 1. The minimum atomic E-state index is -0.324. The normalized spacial score (nSPS) is 15.8. The summed E-state index contributed by atoms with van der Waals surface area (Å²) in [6.07, 6.45) is 4.66. The average Bonchev–Trinajstić information content (AvgIpc) is 3.26. The van der Waals surface area contributed by atoms with Crippen LogP contribution in [0.15, 0.2) is 66.7 Å². The molecule has 0 fully saturated rings. The predicted octanol–water partition coefficient (Wildman–Crippen LogP) is 6.63. The van der Waals surface area contributed by atoms with E-state index in [2.05, 4.69) is 54.0 Å². The Morgan fingerprint density at radius 1 is 0.862 bits per heavy atom. The number of para-hydroxylation sites is 1. The fourth-order valence-corrected chi connectivity index (χ4v) is 4.57. The molecule has 2 heterocycles. The zero-order valence-corrected chi connectivity index (χ0v) is 16.7. The van der Waals surface area contributed by atoms with Crippen LogP contribution in [-0.2, 0) is 11.3 Å². The van der Waals surface area contributed by atoms with Gasteiger partial charge < -0.3 is 9.30 Å². The second-order valence-corrected chi connectivity index (χ2v) is 7.88. The summed E-state index contributed by atoms with van der Waals surface area (Å²) in [6, 6.07) is 22.8. The van der Waals surface area contributed by atoms with Crippen molar-refractivity contribution in [1.82, 2.24) is 4.57 Å². The Balaban J connectivity index is 1.59. The monoisotopic (exact) mass is 383 g/mol. The molecule has 4 aromatic rings. The second kappa shape index (κ2) is 7.40. The summed E-state index contributed by atoms with van der Waals surface area (Å²) in [5.74, 6) is -0.232. The molecule has 0 N–H and O–H groups in total. The zero-order chi connectivity index (χ0) is 19.8. The summed E-state index contributed by atoms with van der Waals surface area (Å²) >= 11 is 0. The molecule has 1 aliphatic rings. The van der Waals surface area contributed by atoms with E-state index in [0.717, 1.165) is 17.7 Å². The molecule has 0 bridgehead atoms.